The van der Waals surface area contributed by atoms with Gasteiger partial charge in [0.05, 0.1) is 15.6 Å². The van der Waals surface area contributed by atoms with Crippen molar-refractivity contribution < 1.29 is 13.2 Å². The molecule has 2 aromatic rings. The molecule has 0 aliphatic heterocycles. The Morgan fingerprint density at radius 3 is 2.40 bits per heavy atom. The van der Waals surface area contributed by atoms with Crippen molar-refractivity contribution in [1.82, 2.24) is 4.31 Å². The van der Waals surface area contributed by atoms with E-state index in [1.54, 1.807) is 38.1 Å². The van der Waals surface area contributed by atoms with E-state index in [1.807, 2.05) is 13.0 Å². The quantitative estimate of drug-likeness (QED) is 0.825. The molecule has 134 valence electrons. The number of amides is 1. The second-order valence-corrected chi connectivity index (χ2v) is 7.90. The Kier molecular flexibility index (Phi) is 6.21. The van der Waals surface area contributed by atoms with Gasteiger partial charge in [-0.05, 0) is 42.8 Å². The van der Waals surface area contributed by atoms with Crippen LogP contribution in [0.25, 0.3) is 0 Å². The maximum absolute atomic E-state index is 12.6. The van der Waals surface area contributed by atoms with Crippen LogP contribution in [0.5, 0.6) is 0 Å². The van der Waals surface area contributed by atoms with Crippen LogP contribution in [0.4, 0.5) is 5.69 Å². The molecular weight excluding hydrogens is 360 g/mol. The number of halogens is 1. The third-order valence-corrected chi connectivity index (χ3v) is 6.17. The summed E-state index contributed by atoms with van der Waals surface area (Å²) in [6, 6.07) is 11.3. The van der Waals surface area contributed by atoms with E-state index in [4.69, 9.17) is 11.6 Å². The minimum Gasteiger partial charge on any atom is -0.321 e. The number of sulfonamides is 1. The number of hydrogen-bond acceptors (Lipinski definition) is 3. The Balaban J connectivity index is 2.30. The van der Waals surface area contributed by atoms with Crippen molar-refractivity contribution in [1.29, 1.82) is 0 Å². The molecular formula is C18H21ClN2O3S. The summed E-state index contributed by atoms with van der Waals surface area (Å²) in [6.45, 7) is 6.19. The van der Waals surface area contributed by atoms with Gasteiger partial charge in [0.25, 0.3) is 5.91 Å². The van der Waals surface area contributed by atoms with Gasteiger partial charge in [-0.2, -0.15) is 4.31 Å². The maximum Gasteiger partial charge on any atom is 0.255 e. The molecule has 1 N–H and O–H groups in total. The van der Waals surface area contributed by atoms with Gasteiger partial charge in [-0.1, -0.05) is 37.6 Å². The van der Waals surface area contributed by atoms with Crippen LogP contribution >= 0.6 is 11.6 Å². The number of benzene rings is 2. The fourth-order valence-corrected chi connectivity index (χ4v) is 4.21. The van der Waals surface area contributed by atoms with E-state index >= 15 is 0 Å². The number of carbonyl (C=O) groups is 1. The van der Waals surface area contributed by atoms with E-state index in [-0.39, 0.29) is 10.5 Å². The molecule has 0 bridgehead atoms. The molecule has 0 atom stereocenters. The number of anilines is 1. The van der Waals surface area contributed by atoms with E-state index in [0.717, 1.165) is 5.56 Å². The smallest absolute Gasteiger partial charge is 0.255 e. The lowest BCUT2D eigenvalue weighted by atomic mass is 10.2. The number of aryl methyl sites for hydroxylation is 1. The van der Waals surface area contributed by atoms with Gasteiger partial charge in [0.1, 0.15) is 0 Å². The highest BCUT2D eigenvalue weighted by Gasteiger charge is 2.22. The van der Waals surface area contributed by atoms with Crippen LogP contribution < -0.4 is 5.32 Å². The third kappa shape index (κ3) is 4.39. The first-order chi connectivity index (χ1) is 11.8. The van der Waals surface area contributed by atoms with E-state index in [9.17, 15) is 13.2 Å². The first-order valence-corrected chi connectivity index (χ1v) is 9.79. The predicted octanol–water partition coefficient (Wildman–Crippen LogP) is 3.93. The summed E-state index contributed by atoms with van der Waals surface area (Å²) in [4.78, 5) is 12.6. The number of hydrogen-bond donors (Lipinski definition) is 1. The average molecular weight is 381 g/mol. The van der Waals surface area contributed by atoms with Gasteiger partial charge < -0.3 is 5.32 Å². The summed E-state index contributed by atoms with van der Waals surface area (Å²) in [7, 11) is -3.62. The Labute approximate surface area is 153 Å². The van der Waals surface area contributed by atoms with E-state index in [1.165, 1.54) is 16.4 Å². The van der Waals surface area contributed by atoms with Crippen LogP contribution in [0.15, 0.2) is 47.4 Å². The van der Waals surface area contributed by atoms with Gasteiger partial charge in [0, 0.05) is 18.7 Å². The summed E-state index contributed by atoms with van der Waals surface area (Å²) < 4.78 is 26.5. The van der Waals surface area contributed by atoms with Crippen LogP contribution in [0.3, 0.4) is 0 Å². The molecule has 0 radical (unpaired) electrons. The maximum atomic E-state index is 12.6. The van der Waals surface area contributed by atoms with E-state index < -0.39 is 15.9 Å². The molecule has 0 unspecified atom stereocenters. The second kappa shape index (κ2) is 7.99. The molecule has 25 heavy (non-hydrogen) atoms. The molecule has 0 saturated heterocycles. The fourth-order valence-electron chi connectivity index (χ4n) is 2.43. The van der Waals surface area contributed by atoms with Crippen molar-refractivity contribution in [2.75, 3.05) is 18.4 Å². The highest BCUT2D eigenvalue weighted by Crippen LogP contribution is 2.24. The van der Waals surface area contributed by atoms with Crippen molar-refractivity contribution >= 4 is 33.2 Å². The van der Waals surface area contributed by atoms with Gasteiger partial charge in [0.15, 0.2) is 0 Å². The molecule has 0 heterocycles. The second-order valence-electron chi connectivity index (χ2n) is 5.55. The van der Waals surface area contributed by atoms with Crippen LogP contribution in [0.1, 0.15) is 29.8 Å². The number of nitrogens with zero attached hydrogens (tertiary/aromatic N) is 1. The summed E-state index contributed by atoms with van der Waals surface area (Å²) in [6.07, 6.45) is 0. The highest BCUT2D eigenvalue weighted by molar-refractivity contribution is 7.89. The zero-order valence-corrected chi connectivity index (χ0v) is 16.0. The summed E-state index contributed by atoms with van der Waals surface area (Å²) >= 11 is 6.13. The summed E-state index contributed by atoms with van der Waals surface area (Å²) in [5.74, 6) is -0.414. The van der Waals surface area contributed by atoms with Crippen molar-refractivity contribution in [3.8, 4) is 0 Å². The zero-order chi connectivity index (χ0) is 18.6. The average Bonchev–Trinajstić information content (AvgIpc) is 2.58. The first-order valence-electron chi connectivity index (χ1n) is 7.97. The lowest BCUT2D eigenvalue weighted by molar-refractivity contribution is 0.102. The van der Waals surface area contributed by atoms with E-state index in [2.05, 4.69) is 5.32 Å². The number of carbonyl (C=O) groups excluding carboxylic acids is 1. The molecule has 0 fully saturated rings. The van der Waals surface area contributed by atoms with Crippen LogP contribution in [-0.2, 0) is 10.0 Å². The molecule has 2 rings (SSSR count). The van der Waals surface area contributed by atoms with Gasteiger partial charge in [-0.3, -0.25) is 4.79 Å². The first kappa shape index (κ1) is 19.4. The summed E-state index contributed by atoms with van der Waals surface area (Å²) in [5.41, 5.74) is 1.72. The van der Waals surface area contributed by atoms with E-state index in [0.29, 0.717) is 23.8 Å². The topological polar surface area (TPSA) is 66.5 Å². The molecule has 0 aliphatic carbocycles. The predicted molar refractivity (Wildman–Crippen MR) is 101 cm³/mol. The largest absolute Gasteiger partial charge is 0.321 e. The molecule has 0 aromatic heterocycles. The van der Waals surface area contributed by atoms with Crippen molar-refractivity contribution in [2.45, 2.75) is 25.7 Å². The lowest BCUT2D eigenvalue weighted by Crippen LogP contribution is -2.30. The number of rotatable bonds is 6. The molecule has 0 spiro atoms. The normalized spacial score (nSPS) is 11.6. The minimum atomic E-state index is -3.62. The lowest BCUT2D eigenvalue weighted by Gasteiger charge is -2.18. The molecule has 0 aliphatic rings. The molecule has 1 amide bonds. The van der Waals surface area contributed by atoms with Crippen molar-refractivity contribution in [2.24, 2.45) is 0 Å². The molecule has 0 saturated carbocycles. The van der Waals surface area contributed by atoms with Gasteiger partial charge in [-0.25, -0.2) is 8.42 Å². The van der Waals surface area contributed by atoms with Gasteiger partial charge in [0.2, 0.25) is 10.0 Å². The SMILES string of the molecule is CCN(CC)S(=O)(=O)c1cccc(C(=O)Nc2ccc(C)cc2Cl)c1. The van der Waals surface area contributed by atoms with Crippen LogP contribution in [0.2, 0.25) is 5.02 Å². The summed E-state index contributed by atoms with van der Waals surface area (Å²) in [5, 5.41) is 3.14. The Bertz CT molecular complexity index is 878. The van der Waals surface area contributed by atoms with Crippen molar-refractivity contribution in [3.05, 3.63) is 58.6 Å². The molecule has 2 aromatic carbocycles. The fraction of sp³-hybridized carbons (Fsp3) is 0.278. The van der Waals surface area contributed by atoms with Crippen LogP contribution in [0, 0.1) is 6.92 Å². The van der Waals surface area contributed by atoms with Gasteiger partial charge >= 0.3 is 0 Å². The zero-order valence-electron chi connectivity index (χ0n) is 14.4. The standard InChI is InChI=1S/C18H21ClN2O3S/c1-4-21(5-2)25(23,24)15-8-6-7-14(12-15)18(22)20-17-10-9-13(3)11-16(17)19/h6-12H,4-5H2,1-3H3,(H,20,22). The monoisotopic (exact) mass is 380 g/mol. The molecule has 7 heteroatoms. The third-order valence-electron chi connectivity index (χ3n) is 3.81. The Hall–Kier alpha value is -1.89. The number of nitrogens with one attached hydrogen (secondary N) is 1. The minimum absolute atomic E-state index is 0.0962. The Morgan fingerprint density at radius 2 is 1.80 bits per heavy atom. The highest BCUT2D eigenvalue weighted by atomic mass is 35.5. The van der Waals surface area contributed by atoms with Crippen molar-refractivity contribution in [3.63, 3.8) is 0 Å². The Morgan fingerprint density at radius 1 is 1.12 bits per heavy atom. The van der Waals surface area contributed by atoms with Crippen LogP contribution in [-0.4, -0.2) is 31.7 Å². The molecule has 5 nitrogen and oxygen atoms in total. The van der Waals surface area contributed by atoms with Gasteiger partial charge in [-0.15, -0.1) is 0 Å².